The van der Waals surface area contributed by atoms with Gasteiger partial charge in [-0.15, -0.1) is 11.3 Å². The van der Waals surface area contributed by atoms with Crippen LogP contribution in [0.4, 0.5) is 0 Å². The molecule has 0 unspecified atom stereocenters. The minimum atomic E-state index is -1.18. The SMILES string of the molecule is Cc1cc2nc(-c3ccc4c(n3)c(C3CCN(C5CN(O)C5)CC3)nn4C)sc2c(-c2ccc(Cl)cc2)c1[C@H](OC(C)(C)C)C(=O)O. The highest BCUT2D eigenvalue weighted by Gasteiger charge is 2.35. The van der Waals surface area contributed by atoms with E-state index in [1.54, 1.807) is 0 Å². The van der Waals surface area contributed by atoms with Crippen LogP contribution in [0.25, 0.3) is 43.1 Å². The Hall–Kier alpha value is -3.45. The van der Waals surface area contributed by atoms with Crippen molar-refractivity contribution in [3.63, 3.8) is 0 Å². The number of carboxylic acids is 1. The van der Waals surface area contributed by atoms with Gasteiger partial charge in [-0.3, -0.25) is 9.58 Å². The van der Waals surface area contributed by atoms with Gasteiger partial charge in [-0.05, 0) is 95.1 Å². The molecule has 0 spiro atoms. The van der Waals surface area contributed by atoms with E-state index in [1.165, 1.54) is 16.4 Å². The molecular formula is C35H39ClN6O4S. The number of likely N-dealkylation sites (tertiary alicyclic amines) is 1. The Kier molecular flexibility index (Phi) is 8.35. The number of piperidine rings is 1. The standard InChI is InChI=1S/C35H39ClN6O4S/c1-19-16-25-32(28(20-6-8-22(36)9-7-20)27(19)31(34(43)44)46-35(2,3)4)47-33(38-25)24-10-11-26-30(37-24)29(39-40(26)5)21-12-14-41(15-13-21)23-17-42(45)18-23/h6-11,16,21,23,31,45H,12-15,17-18H2,1-5H3,(H,43,44)/t31-/m0/s1. The van der Waals surface area contributed by atoms with Crippen molar-refractivity contribution in [1.29, 1.82) is 0 Å². The number of carbonyl (C=O) groups is 1. The number of thiazole rings is 1. The van der Waals surface area contributed by atoms with E-state index in [0.717, 1.165) is 80.3 Å². The van der Waals surface area contributed by atoms with Crippen molar-refractivity contribution in [3.8, 4) is 21.8 Å². The summed E-state index contributed by atoms with van der Waals surface area (Å²) in [4.78, 5) is 25.4. The highest BCUT2D eigenvalue weighted by atomic mass is 35.5. The van der Waals surface area contributed by atoms with Crippen LogP contribution >= 0.6 is 22.9 Å². The third-order valence-corrected chi connectivity index (χ3v) is 10.6. The molecule has 47 heavy (non-hydrogen) atoms. The highest BCUT2D eigenvalue weighted by Crippen LogP contribution is 2.44. The number of aryl methyl sites for hydroxylation is 2. The van der Waals surface area contributed by atoms with Gasteiger partial charge in [0.2, 0.25) is 0 Å². The molecule has 0 radical (unpaired) electrons. The van der Waals surface area contributed by atoms with Gasteiger partial charge >= 0.3 is 5.97 Å². The van der Waals surface area contributed by atoms with E-state index in [9.17, 15) is 15.1 Å². The summed E-state index contributed by atoms with van der Waals surface area (Å²) in [5.74, 6) is -0.747. The predicted octanol–water partition coefficient (Wildman–Crippen LogP) is 7.07. The third-order valence-electron chi connectivity index (χ3n) is 9.24. The molecule has 0 saturated carbocycles. The number of carboxylic acid groups (broad SMARTS) is 1. The lowest BCUT2D eigenvalue weighted by Gasteiger charge is -2.44. The lowest BCUT2D eigenvalue weighted by molar-refractivity contribution is -0.177. The average Bonchev–Trinajstić information content (AvgIpc) is 3.58. The van der Waals surface area contributed by atoms with Crippen molar-refractivity contribution >= 4 is 50.2 Å². The Labute approximate surface area is 282 Å². The summed E-state index contributed by atoms with van der Waals surface area (Å²) in [7, 11) is 1.96. The molecule has 10 nitrogen and oxygen atoms in total. The molecule has 0 bridgehead atoms. The first kappa shape index (κ1) is 32.1. The Bertz CT molecular complexity index is 1970. The van der Waals surface area contributed by atoms with Gasteiger partial charge < -0.3 is 15.1 Å². The number of pyridine rings is 1. The molecule has 2 aliphatic heterocycles. The second-order valence-corrected chi connectivity index (χ2v) is 15.1. The van der Waals surface area contributed by atoms with Gasteiger partial charge in [0.1, 0.15) is 10.5 Å². The summed E-state index contributed by atoms with van der Waals surface area (Å²) in [6, 6.07) is 13.9. The van der Waals surface area contributed by atoms with Gasteiger partial charge in [0, 0.05) is 48.2 Å². The van der Waals surface area contributed by atoms with E-state index in [2.05, 4.69) is 11.0 Å². The highest BCUT2D eigenvalue weighted by molar-refractivity contribution is 7.22. The number of benzene rings is 2. The molecule has 2 saturated heterocycles. The Morgan fingerprint density at radius 1 is 1.09 bits per heavy atom. The molecule has 0 aliphatic carbocycles. The number of rotatable bonds is 7. The van der Waals surface area contributed by atoms with Crippen molar-refractivity contribution in [2.24, 2.45) is 7.05 Å². The smallest absolute Gasteiger partial charge is 0.337 e. The number of aliphatic carboxylic acids is 1. The lowest BCUT2D eigenvalue weighted by atomic mass is 9.91. The number of hydrogen-bond acceptors (Lipinski definition) is 9. The zero-order valence-corrected chi connectivity index (χ0v) is 28.8. The molecule has 5 heterocycles. The fourth-order valence-electron chi connectivity index (χ4n) is 6.91. The fraction of sp³-hybridized carbons (Fsp3) is 0.429. The number of hydrogen-bond donors (Lipinski definition) is 2. The first-order valence-electron chi connectivity index (χ1n) is 16.0. The Morgan fingerprint density at radius 3 is 2.43 bits per heavy atom. The summed E-state index contributed by atoms with van der Waals surface area (Å²) in [5, 5.41) is 27.7. The van der Waals surface area contributed by atoms with Crippen molar-refractivity contribution in [1.82, 2.24) is 29.7 Å². The van der Waals surface area contributed by atoms with E-state index >= 15 is 0 Å². The van der Waals surface area contributed by atoms with Gasteiger partial charge in [0.05, 0.1) is 32.7 Å². The molecule has 0 amide bonds. The van der Waals surface area contributed by atoms with E-state index in [0.29, 0.717) is 35.6 Å². The summed E-state index contributed by atoms with van der Waals surface area (Å²) in [5.41, 5.74) is 6.75. The van der Waals surface area contributed by atoms with Crippen LogP contribution in [-0.2, 0) is 16.6 Å². The normalized spacial score (nSPS) is 17.9. The number of hydroxylamine groups is 2. The average molecular weight is 675 g/mol. The molecule has 2 fully saturated rings. The van der Waals surface area contributed by atoms with E-state index in [4.69, 9.17) is 31.4 Å². The number of ether oxygens (including phenoxy) is 1. The topological polar surface area (TPSA) is 117 Å². The maximum atomic E-state index is 12.7. The molecule has 1 atom stereocenters. The maximum Gasteiger partial charge on any atom is 0.337 e. The first-order valence-corrected chi connectivity index (χ1v) is 17.2. The second kappa shape index (κ2) is 12.2. The van der Waals surface area contributed by atoms with Gasteiger partial charge in [-0.2, -0.15) is 10.2 Å². The number of nitrogens with zero attached hydrogens (tertiary/aromatic N) is 6. The monoisotopic (exact) mass is 674 g/mol. The fourth-order valence-corrected chi connectivity index (χ4v) is 8.13. The number of halogens is 1. The van der Waals surface area contributed by atoms with Crippen molar-refractivity contribution < 1.29 is 19.8 Å². The summed E-state index contributed by atoms with van der Waals surface area (Å²) in [6.07, 6.45) is 0.811. The molecular weight excluding hydrogens is 636 g/mol. The summed E-state index contributed by atoms with van der Waals surface area (Å²) < 4.78 is 8.95. The lowest BCUT2D eigenvalue weighted by Crippen LogP contribution is -2.59. The van der Waals surface area contributed by atoms with E-state index in [-0.39, 0.29) is 0 Å². The first-order chi connectivity index (χ1) is 22.4. The van der Waals surface area contributed by atoms with Crippen LogP contribution in [0.2, 0.25) is 5.02 Å². The van der Waals surface area contributed by atoms with Crippen LogP contribution in [0.1, 0.15) is 62.5 Å². The molecule has 2 aliphatic rings. The molecule has 246 valence electrons. The number of fused-ring (bicyclic) bond motifs is 2. The minimum Gasteiger partial charge on any atom is -0.479 e. The largest absolute Gasteiger partial charge is 0.479 e. The van der Waals surface area contributed by atoms with Crippen molar-refractivity contribution in [3.05, 3.63) is 64.3 Å². The van der Waals surface area contributed by atoms with Gasteiger partial charge in [-0.25, -0.2) is 14.8 Å². The van der Waals surface area contributed by atoms with Crippen LogP contribution in [0.5, 0.6) is 0 Å². The quantitative estimate of drug-likeness (QED) is 0.187. The van der Waals surface area contributed by atoms with E-state index < -0.39 is 17.7 Å². The van der Waals surface area contributed by atoms with Crippen LogP contribution in [0.15, 0.2) is 42.5 Å². The van der Waals surface area contributed by atoms with E-state index in [1.807, 2.05) is 75.8 Å². The van der Waals surface area contributed by atoms with Crippen LogP contribution < -0.4 is 0 Å². The van der Waals surface area contributed by atoms with Crippen LogP contribution in [0, 0.1) is 6.92 Å². The van der Waals surface area contributed by atoms with Crippen LogP contribution in [0.3, 0.4) is 0 Å². The summed E-state index contributed by atoms with van der Waals surface area (Å²) in [6.45, 7) is 10.9. The van der Waals surface area contributed by atoms with Gasteiger partial charge in [0.25, 0.3) is 0 Å². The molecule has 2 N–H and O–H groups in total. The third kappa shape index (κ3) is 6.16. The van der Waals surface area contributed by atoms with Crippen molar-refractivity contribution in [2.45, 2.75) is 64.2 Å². The Morgan fingerprint density at radius 2 is 1.79 bits per heavy atom. The zero-order valence-electron chi connectivity index (χ0n) is 27.2. The number of aromatic nitrogens is 4. The van der Waals surface area contributed by atoms with Gasteiger partial charge in [0.15, 0.2) is 6.10 Å². The van der Waals surface area contributed by atoms with Crippen molar-refractivity contribution in [2.75, 3.05) is 26.2 Å². The molecule has 5 aromatic rings. The summed E-state index contributed by atoms with van der Waals surface area (Å²) >= 11 is 7.77. The van der Waals surface area contributed by atoms with Crippen LogP contribution in [-0.4, -0.2) is 83.8 Å². The predicted molar refractivity (Wildman–Crippen MR) is 184 cm³/mol. The maximum absolute atomic E-state index is 12.7. The zero-order chi connectivity index (χ0) is 33.2. The molecule has 3 aromatic heterocycles. The Balaban J connectivity index is 1.31. The molecule has 2 aromatic carbocycles. The molecule has 12 heteroatoms. The van der Waals surface area contributed by atoms with Gasteiger partial charge in [-0.1, -0.05) is 23.7 Å². The second-order valence-electron chi connectivity index (χ2n) is 13.7. The minimum absolute atomic E-state index is 0.302. The molecule has 7 rings (SSSR count).